The lowest BCUT2D eigenvalue weighted by molar-refractivity contribution is -0.130. The Morgan fingerprint density at radius 3 is 2.22 bits per heavy atom. The first-order chi connectivity index (χ1) is 17.5. The molecule has 7 nitrogen and oxygen atoms in total. The first kappa shape index (κ1) is 23.8. The molecular formula is C28H27N5O2S. The van der Waals surface area contributed by atoms with Crippen LogP contribution in [0.1, 0.15) is 25.0 Å². The molecule has 182 valence electrons. The Labute approximate surface area is 213 Å². The number of para-hydroxylation sites is 1. The average molecular weight is 498 g/mol. The van der Waals surface area contributed by atoms with Crippen LogP contribution in [0.15, 0.2) is 94.9 Å². The number of nitrogens with zero attached hydrogens (tertiary/aromatic N) is 5. The van der Waals surface area contributed by atoms with Crippen molar-refractivity contribution in [3.63, 3.8) is 0 Å². The molecule has 0 fully saturated rings. The Bertz CT molecular complexity index is 1560. The maximum atomic E-state index is 13.4. The average Bonchev–Trinajstić information content (AvgIpc) is 3.33. The second kappa shape index (κ2) is 10.4. The summed E-state index contributed by atoms with van der Waals surface area (Å²) < 4.78 is 3.53. The van der Waals surface area contributed by atoms with Crippen molar-refractivity contribution in [1.82, 2.24) is 24.1 Å². The highest BCUT2D eigenvalue weighted by Crippen LogP contribution is 2.23. The number of aromatic nitrogens is 4. The second-order valence-corrected chi connectivity index (χ2v) is 9.84. The summed E-state index contributed by atoms with van der Waals surface area (Å²) in [5, 5.41) is 9.94. The molecule has 2 heterocycles. The molecule has 5 aromatic rings. The van der Waals surface area contributed by atoms with Gasteiger partial charge in [-0.05, 0) is 37.1 Å². The number of fused-ring (bicyclic) bond motifs is 3. The van der Waals surface area contributed by atoms with Crippen LogP contribution in [0.3, 0.4) is 0 Å². The Hall–Kier alpha value is -3.91. The molecule has 0 bridgehead atoms. The van der Waals surface area contributed by atoms with Gasteiger partial charge < -0.3 is 4.90 Å². The third kappa shape index (κ3) is 4.77. The Morgan fingerprint density at radius 1 is 0.889 bits per heavy atom. The smallest absolute Gasteiger partial charge is 0.263 e. The van der Waals surface area contributed by atoms with Crippen molar-refractivity contribution in [3.8, 4) is 0 Å². The molecule has 8 heteroatoms. The van der Waals surface area contributed by atoms with Gasteiger partial charge in [0.1, 0.15) is 0 Å². The number of hydrogen-bond acceptors (Lipinski definition) is 5. The lowest BCUT2D eigenvalue weighted by atomic mass is 10.2. The van der Waals surface area contributed by atoms with Gasteiger partial charge in [-0.2, -0.15) is 0 Å². The topological polar surface area (TPSA) is 72.5 Å². The summed E-state index contributed by atoms with van der Waals surface area (Å²) in [5.41, 5.74) is 2.70. The molecule has 5 rings (SSSR count). The molecule has 36 heavy (non-hydrogen) atoms. The normalized spacial score (nSPS) is 11.4. The Kier molecular flexibility index (Phi) is 6.86. The first-order valence-electron chi connectivity index (χ1n) is 11.9. The van der Waals surface area contributed by atoms with E-state index in [0.29, 0.717) is 29.4 Å². The minimum Gasteiger partial charge on any atom is -0.335 e. The van der Waals surface area contributed by atoms with E-state index in [4.69, 9.17) is 0 Å². The van der Waals surface area contributed by atoms with Crippen LogP contribution in [0.25, 0.3) is 16.7 Å². The zero-order valence-electron chi connectivity index (χ0n) is 20.2. The molecule has 0 atom stereocenters. The van der Waals surface area contributed by atoms with Gasteiger partial charge in [0, 0.05) is 12.6 Å². The summed E-state index contributed by atoms with van der Waals surface area (Å²) in [7, 11) is 0. The summed E-state index contributed by atoms with van der Waals surface area (Å²) in [6.07, 6.45) is 0. The van der Waals surface area contributed by atoms with E-state index < -0.39 is 0 Å². The summed E-state index contributed by atoms with van der Waals surface area (Å²) in [6.45, 7) is 4.98. The van der Waals surface area contributed by atoms with E-state index in [1.54, 1.807) is 4.57 Å². The maximum Gasteiger partial charge on any atom is 0.263 e. The number of benzene rings is 3. The van der Waals surface area contributed by atoms with Crippen molar-refractivity contribution in [3.05, 3.63) is 106 Å². The molecule has 0 N–H and O–H groups in total. The SMILES string of the molecule is CC(C)N(Cc1ccccc1)C(=O)CSc1nnc2n(Cc3ccccc3)c(=O)c3ccccc3n12. The molecule has 0 aliphatic carbocycles. The van der Waals surface area contributed by atoms with E-state index in [-0.39, 0.29) is 23.3 Å². The fourth-order valence-corrected chi connectivity index (χ4v) is 5.11. The molecule has 0 unspecified atom stereocenters. The predicted molar refractivity (Wildman–Crippen MR) is 143 cm³/mol. The summed E-state index contributed by atoms with van der Waals surface area (Å²) in [4.78, 5) is 28.5. The van der Waals surface area contributed by atoms with E-state index >= 15 is 0 Å². The third-order valence-electron chi connectivity index (χ3n) is 6.13. The van der Waals surface area contributed by atoms with Crippen molar-refractivity contribution in [2.75, 3.05) is 5.75 Å². The molecule has 0 aliphatic heterocycles. The van der Waals surface area contributed by atoms with Crippen LogP contribution in [0.2, 0.25) is 0 Å². The van der Waals surface area contributed by atoms with Gasteiger partial charge >= 0.3 is 0 Å². The maximum absolute atomic E-state index is 13.4. The lowest BCUT2D eigenvalue weighted by Crippen LogP contribution is -2.37. The van der Waals surface area contributed by atoms with Gasteiger partial charge in [0.15, 0.2) is 5.16 Å². The molecule has 0 saturated heterocycles. The Morgan fingerprint density at radius 2 is 1.53 bits per heavy atom. The standard InChI is InChI=1S/C28H27N5O2S/c1-20(2)31(17-21-11-5-3-6-12-21)25(34)19-36-28-30-29-27-32(18-22-13-7-4-8-14-22)26(35)23-15-9-10-16-24(23)33(27)28/h3-16,20H,17-19H2,1-2H3. The van der Waals surface area contributed by atoms with Crippen LogP contribution >= 0.6 is 11.8 Å². The molecule has 2 aromatic heterocycles. The molecule has 0 saturated carbocycles. The van der Waals surface area contributed by atoms with Crippen LogP contribution in [-0.4, -0.2) is 41.8 Å². The summed E-state index contributed by atoms with van der Waals surface area (Å²) in [5.74, 6) is 0.706. The zero-order valence-corrected chi connectivity index (χ0v) is 21.1. The van der Waals surface area contributed by atoms with Crippen molar-refractivity contribution < 1.29 is 4.79 Å². The van der Waals surface area contributed by atoms with Crippen molar-refractivity contribution in [2.24, 2.45) is 0 Å². The molecule has 1 amide bonds. The van der Waals surface area contributed by atoms with Gasteiger partial charge in [-0.15, -0.1) is 10.2 Å². The van der Waals surface area contributed by atoms with Crippen molar-refractivity contribution in [1.29, 1.82) is 0 Å². The van der Waals surface area contributed by atoms with Gasteiger partial charge in [-0.3, -0.25) is 18.6 Å². The first-order valence-corrected chi connectivity index (χ1v) is 12.9. The van der Waals surface area contributed by atoms with Gasteiger partial charge in [0.05, 0.1) is 23.2 Å². The number of rotatable bonds is 8. The molecule has 0 radical (unpaired) electrons. The minimum absolute atomic E-state index is 0.0255. The second-order valence-electron chi connectivity index (χ2n) is 8.90. The molecular weight excluding hydrogens is 470 g/mol. The van der Waals surface area contributed by atoms with E-state index in [1.165, 1.54) is 11.8 Å². The van der Waals surface area contributed by atoms with Crippen LogP contribution in [0, 0.1) is 0 Å². The Balaban J connectivity index is 1.48. The highest BCUT2D eigenvalue weighted by molar-refractivity contribution is 7.99. The largest absolute Gasteiger partial charge is 0.335 e. The van der Waals surface area contributed by atoms with E-state index in [1.807, 2.05) is 108 Å². The van der Waals surface area contributed by atoms with Crippen LogP contribution < -0.4 is 5.56 Å². The van der Waals surface area contributed by atoms with Crippen LogP contribution in [-0.2, 0) is 17.9 Å². The number of hydrogen-bond donors (Lipinski definition) is 0. The van der Waals surface area contributed by atoms with Gasteiger partial charge in [-0.25, -0.2) is 0 Å². The number of thioether (sulfide) groups is 1. The van der Waals surface area contributed by atoms with Gasteiger partial charge in [-0.1, -0.05) is 84.6 Å². The van der Waals surface area contributed by atoms with Gasteiger partial charge in [0.2, 0.25) is 11.7 Å². The van der Waals surface area contributed by atoms with Crippen molar-refractivity contribution >= 4 is 34.3 Å². The highest BCUT2D eigenvalue weighted by atomic mass is 32.2. The quantitative estimate of drug-likeness (QED) is 0.293. The van der Waals surface area contributed by atoms with E-state index in [0.717, 1.165) is 16.6 Å². The van der Waals surface area contributed by atoms with E-state index in [9.17, 15) is 9.59 Å². The summed E-state index contributed by atoms with van der Waals surface area (Å²) >= 11 is 1.34. The fourth-order valence-electron chi connectivity index (χ4n) is 4.28. The van der Waals surface area contributed by atoms with Crippen LogP contribution in [0.5, 0.6) is 0 Å². The number of carbonyl (C=O) groups excluding carboxylic acids is 1. The molecule has 3 aromatic carbocycles. The third-order valence-corrected chi connectivity index (χ3v) is 7.04. The number of carbonyl (C=O) groups is 1. The van der Waals surface area contributed by atoms with Crippen molar-refractivity contribution in [2.45, 2.75) is 38.1 Å². The predicted octanol–water partition coefficient (Wildman–Crippen LogP) is 4.62. The molecule has 0 aliphatic rings. The lowest BCUT2D eigenvalue weighted by Gasteiger charge is -2.26. The van der Waals surface area contributed by atoms with Gasteiger partial charge in [0.25, 0.3) is 5.56 Å². The summed E-state index contributed by atoms with van der Waals surface area (Å²) in [6, 6.07) is 27.3. The molecule has 0 spiro atoms. The monoisotopic (exact) mass is 497 g/mol. The fraction of sp³-hybridized carbons (Fsp3) is 0.214. The zero-order chi connectivity index (χ0) is 25.1. The van der Waals surface area contributed by atoms with E-state index in [2.05, 4.69) is 10.2 Å². The van der Waals surface area contributed by atoms with Crippen LogP contribution in [0.4, 0.5) is 0 Å². The minimum atomic E-state index is -0.115. The highest BCUT2D eigenvalue weighted by Gasteiger charge is 2.21. The number of amides is 1.